The highest BCUT2D eigenvalue weighted by atomic mass is 19.1. The highest BCUT2D eigenvalue weighted by Crippen LogP contribution is 2.11. The second-order valence-corrected chi connectivity index (χ2v) is 3.93. The Labute approximate surface area is 100 Å². The lowest BCUT2D eigenvalue weighted by molar-refractivity contribution is 0.261. The van der Waals surface area contributed by atoms with E-state index >= 15 is 0 Å². The van der Waals surface area contributed by atoms with E-state index in [0.29, 0.717) is 13.1 Å². The summed E-state index contributed by atoms with van der Waals surface area (Å²) in [6, 6.07) is 6.89. The van der Waals surface area contributed by atoms with E-state index in [-0.39, 0.29) is 5.82 Å². The van der Waals surface area contributed by atoms with Gasteiger partial charge in [-0.05, 0) is 12.6 Å². The molecular weight excluding hydrogens is 217 g/mol. The van der Waals surface area contributed by atoms with Crippen LogP contribution in [-0.2, 0) is 13.1 Å². The van der Waals surface area contributed by atoms with Crippen molar-refractivity contribution in [2.45, 2.75) is 20.0 Å². The number of H-pyrrole nitrogens is 1. The summed E-state index contributed by atoms with van der Waals surface area (Å²) in [5, 5.41) is 0. The zero-order chi connectivity index (χ0) is 12.1. The fourth-order valence-electron chi connectivity index (χ4n) is 1.74. The molecule has 0 amide bonds. The van der Waals surface area contributed by atoms with Crippen molar-refractivity contribution >= 4 is 0 Å². The molecule has 90 valence electrons. The summed E-state index contributed by atoms with van der Waals surface area (Å²) in [6.45, 7) is 4.22. The largest absolute Gasteiger partial charge is 0.348 e. The van der Waals surface area contributed by atoms with Gasteiger partial charge in [0.25, 0.3) is 0 Å². The Balaban J connectivity index is 2.03. The minimum atomic E-state index is -0.148. The molecule has 1 N–H and O–H groups in total. The number of nitrogens with zero attached hydrogens (tertiary/aromatic N) is 2. The molecule has 4 heteroatoms. The fourth-order valence-corrected chi connectivity index (χ4v) is 1.74. The van der Waals surface area contributed by atoms with Crippen molar-refractivity contribution in [2.24, 2.45) is 0 Å². The number of aromatic amines is 1. The van der Waals surface area contributed by atoms with Gasteiger partial charge in [-0.3, -0.25) is 4.90 Å². The van der Waals surface area contributed by atoms with E-state index in [4.69, 9.17) is 0 Å². The van der Waals surface area contributed by atoms with Gasteiger partial charge in [-0.25, -0.2) is 9.37 Å². The fraction of sp³-hybridized carbons (Fsp3) is 0.308. The highest BCUT2D eigenvalue weighted by molar-refractivity contribution is 5.17. The standard InChI is InChI=1S/C13H16FN3/c1-2-17(10-13-15-7-8-16-13)9-11-5-3-4-6-12(11)14/h3-8H,2,9-10H2,1H3,(H,15,16). The van der Waals surface area contributed by atoms with Crippen molar-refractivity contribution in [3.8, 4) is 0 Å². The van der Waals surface area contributed by atoms with E-state index in [9.17, 15) is 4.39 Å². The molecule has 0 aliphatic rings. The summed E-state index contributed by atoms with van der Waals surface area (Å²) in [7, 11) is 0. The second-order valence-electron chi connectivity index (χ2n) is 3.93. The Morgan fingerprint density at radius 2 is 2.12 bits per heavy atom. The number of imidazole rings is 1. The van der Waals surface area contributed by atoms with Gasteiger partial charge in [0.05, 0.1) is 6.54 Å². The van der Waals surface area contributed by atoms with Crippen molar-refractivity contribution in [3.63, 3.8) is 0 Å². The molecule has 0 radical (unpaired) electrons. The number of aromatic nitrogens is 2. The molecule has 1 aromatic carbocycles. The Morgan fingerprint density at radius 3 is 2.76 bits per heavy atom. The van der Waals surface area contributed by atoms with Crippen LogP contribution in [0.3, 0.4) is 0 Å². The van der Waals surface area contributed by atoms with E-state index in [2.05, 4.69) is 21.8 Å². The summed E-state index contributed by atoms with van der Waals surface area (Å²) in [5.41, 5.74) is 0.723. The van der Waals surface area contributed by atoms with Gasteiger partial charge in [0.2, 0.25) is 0 Å². The lowest BCUT2D eigenvalue weighted by Crippen LogP contribution is -2.23. The van der Waals surface area contributed by atoms with Gasteiger partial charge in [-0.15, -0.1) is 0 Å². The average Bonchev–Trinajstić information content (AvgIpc) is 2.84. The predicted octanol–water partition coefficient (Wildman–Crippen LogP) is 2.57. The molecule has 0 fully saturated rings. The third kappa shape index (κ3) is 3.14. The van der Waals surface area contributed by atoms with Crippen molar-refractivity contribution in [1.29, 1.82) is 0 Å². The zero-order valence-electron chi connectivity index (χ0n) is 9.86. The van der Waals surface area contributed by atoms with Crippen LogP contribution in [-0.4, -0.2) is 21.4 Å². The maximum absolute atomic E-state index is 13.5. The van der Waals surface area contributed by atoms with Gasteiger partial charge in [0, 0.05) is 24.5 Å². The first-order chi connectivity index (χ1) is 8.29. The van der Waals surface area contributed by atoms with Crippen LogP contribution in [0.5, 0.6) is 0 Å². The summed E-state index contributed by atoms with van der Waals surface area (Å²) < 4.78 is 13.5. The first-order valence-corrected chi connectivity index (χ1v) is 5.73. The van der Waals surface area contributed by atoms with Crippen LogP contribution in [0.15, 0.2) is 36.7 Å². The Kier molecular flexibility index (Phi) is 3.88. The molecule has 0 spiro atoms. The summed E-state index contributed by atoms with van der Waals surface area (Å²) in [6.07, 6.45) is 3.53. The lowest BCUT2D eigenvalue weighted by atomic mass is 10.2. The van der Waals surface area contributed by atoms with Crippen LogP contribution in [0.4, 0.5) is 4.39 Å². The van der Waals surface area contributed by atoms with Gasteiger partial charge in [0.1, 0.15) is 11.6 Å². The third-order valence-electron chi connectivity index (χ3n) is 2.73. The third-order valence-corrected chi connectivity index (χ3v) is 2.73. The molecule has 0 saturated carbocycles. The van der Waals surface area contributed by atoms with Crippen molar-refractivity contribution < 1.29 is 4.39 Å². The Morgan fingerprint density at radius 1 is 1.29 bits per heavy atom. The smallest absolute Gasteiger partial charge is 0.127 e. The molecule has 0 aliphatic carbocycles. The molecule has 1 aromatic heterocycles. The van der Waals surface area contributed by atoms with Gasteiger partial charge >= 0.3 is 0 Å². The number of nitrogens with one attached hydrogen (secondary N) is 1. The van der Waals surface area contributed by atoms with Crippen molar-refractivity contribution in [3.05, 3.63) is 53.9 Å². The molecule has 17 heavy (non-hydrogen) atoms. The number of hydrogen-bond acceptors (Lipinski definition) is 2. The van der Waals surface area contributed by atoms with Gasteiger partial charge in [-0.2, -0.15) is 0 Å². The van der Waals surface area contributed by atoms with Crippen LogP contribution >= 0.6 is 0 Å². The molecular formula is C13H16FN3. The van der Waals surface area contributed by atoms with Gasteiger partial charge < -0.3 is 4.98 Å². The maximum atomic E-state index is 13.5. The number of benzene rings is 1. The zero-order valence-corrected chi connectivity index (χ0v) is 9.86. The monoisotopic (exact) mass is 233 g/mol. The van der Waals surface area contributed by atoms with Crippen LogP contribution in [0, 0.1) is 5.82 Å². The van der Waals surface area contributed by atoms with Crippen LogP contribution in [0.1, 0.15) is 18.3 Å². The van der Waals surface area contributed by atoms with Crippen LogP contribution < -0.4 is 0 Å². The van der Waals surface area contributed by atoms with E-state index in [1.807, 2.05) is 12.1 Å². The molecule has 2 rings (SSSR count). The van der Waals surface area contributed by atoms with Crippen LogP contribution in [0.2, 0.25) is 0 Å². The highest BCUT2D eigenvalue weighted by Gasteiger charge is 2.08. The van der Waals surface area contributed by atoms with Gasteiger partial charge in [-0.1, -0.05) is 25.1 Å². The number of hydrogen-bond donors (Lipinski definition) is 1. The minimum absolute atomic E-state index is 0.148. The predicted molar refractivity (Wildman–Crippen MR) is 64.8 cm³/mol. The van der Waals surface area contributed by atoms with E-state index in [1.165, 1.54) is 6.07 Å². The molecule has 2 aromatic rings. The summed E-state index contributed by atoms with van der Waals surface area (Å²) in [5.74, 6) is 0.758. The SMILES string of the molecule is CCN(Cc1ncc[nH]1)Cc1ccccc1F. The number of rotatable bonds is 5. The van der Waals surface area contributed by atoms with Crippen LogP contribution in [0.25, 0.3) is 0 Å². The molecule has 3 nitrogen and oxygen atoms in total. The normalized spacial score (nSPS) is 11.0. The summed E-state index contributed by atoms with van der Waals surface area (Å²) in [4.78, 5) is 9.37. The molecule has 0 atom stereocenters. The second kappa shape index (κ2) is 5.59. The van der Waals surface area contributed by atoms with E-state index < -0.39 is 0 Å². The molecule has 0 aliphatic heterocycles. The van der Waals surface area contributed by atoms with E-state index in [0.717, 1.165) is 17.9 Å². The maximum Gasteiger partial charge on any atom is 0.127 e. The molecule has 0 unspecified atom stereocenters. The lowest BCUT2D eigenvalue weighted by Gasteiger charge is -2.19. The minimum Gasteiger partial charge on any atom is -0.348 e. The first kappa shape index (κ1) is 11.8. The van der Waals surface area contributed by atoms with Crippen molar-refractivity contribution in [1.82, 2.24) is 14.9 Å². The first-order valence-electron chi connectivity index (χ1n) is 5.73. The van der Waals surface area contributed by atoms with Crippen molar-refractivity contribution in [2.75, 3.05) is 6.54 Å². The van der Waals surface area contributed by atoms with Gasteiger partial charge in [0.15, 0.2) is 0 Å². The molecule has 1 heterocycles. The quantitative estimate of drug-likeness (QED) is 0.860. The average molecular weight is 233 g/mol. The Hall–Kier alpha value is -1.68. The van der Waals surface area contributed by atoms with E-state index in [1.54, 1.807) is 18.5 Å². The molecule has 0 bridgehead atoms. The topological polar surface area (TPSA) is 31.9 Å². The number of halogens is 1. The Bertz CT molecular complexity index is 453. The molecule has 0 saturated heterocycles. The summed E-state index contributed by atoms with van der Waals surface area (Å²) >= 11 is 0.